The molecule has 1 aromatic heterocycles. The maximum atomic E-state index is 15.4. The van der Waals surface area contributed by atoms with Crippen molar-refractivity contribution in [3.05, 3.63) is 112 Å². The number of carbonyl (C=O) groups is 2. The average Bonchev–Trinajstić information content (AvgIpc) is 3.95. The van der Waals surface area contributed by atoms with Crippen molar-refractivity contribution in [2.24, 2.45) is 13.0 Å². The fraction of sp³-hybridized carbons (Fsp3) is 0.450. The van der Waals surface area contributed by atoms with E-state index in [2.05, 4.69) is 22.4 Å². The first-order chi connectivity index (χ1) is 25.9. The van der Waals surface area contributed by atoms with E-state index in [9.17, 15) is 22.8 Å². The lowest BCUT2D eigenvalue weighted by atomic mass is 9.58. The summed E-state index contributed by atoms with van der Waals surface area (Å²) in [4.78, 5) is 31.6. The van der Waals surface area contributed by atoms with Crippen molar-refractivity contribution in [2.45, 2.75) is 75.7 Å². The second-order valence-electron chi connectivity index (χ2n) is 15.4. The zero-order valence-corrected chi connectivity index (χ0v) is 30.2. The molecule has 3 aliphatic heterocycles. The molecule has 3 atom stereocenters. The number of fused-ring (bicyclic) bond motifs is 1. The Morgan fingerprint density at radius 1 is 1.02 bits per heavy atom. The summed E-state index contributed by atoms with van der Waals surface area (Å²) >= 11 is 0. The van der Waals surface area contributed by atoms with Gasteiger partial charge in [0.15, 0.2) is 0 Å². The van der Waals surface area contributed by atoms with Crippen LogP contribution in [0.15, 0.2) is 73.1 Å². The maximum absolute atomic E-state index is 15.4. The third kappa shape index (κ3) is 6.74. The molecule has 10 nitrogen and oxygen atoms in total. The first-order valence-electron chi connectivity index (χ1n) is 18.5. The Morgan fingerprint density at radius 3 is 2.54 bits per heavy atom. The smallest absolute Gasteiger partial charge is 0.416 e. The van der Waals surface area contributed by atoms with Gasteiger partial charge in [-0.15, -0.1) is 10.2 Å². The summed E-state index contributed by atoms with van der Waals surface area (Å²) in [6, 6.07) is 18.8. The summed E-state index contributed by atoms with van der Waals surface area (Å²) in [6.07, 6.45) is -2.36. The molecule has 284 valence electrons. The van der Waals surface area contributed by atoms with Crippen LogP contribution in [0.3, 0.4) is 0 Å². The van der Waals surface area contributed by atoms with Crippen LogP contribution in [-0.4, -0.2) is 81.0 Å². The van der Waals surface area contributed by atoms with Gasteiger partial charge in [-0.25, -0.2) is 9.18 Å². The van der Waals surface area contributed by atoms with Gasteiger partial charge in [0.05, 0.1) is 23.6 Å². The van der Waals surface area contributed by atoms with E-state index in [1.165, 1.54) is 11.0 Å². The molecule has 0 unspecified atom stereocenters. The molecule has 3 fully saturated rings. The molecule has 0 spiro atoms. The van der Waals surface area contributed by atoms with Crippen LogP contribution in [0.25, 0.3) is 0 Å². The zero-order chi connectivity index (χ0) is 37.8. The van der Waals surface area contributed by atoms with Gasteiger partial charge in [-0.2, -0.15) is 13.2 Å². The first kappa shape index (κ1) is 36.2. The van der Waals surface area contributed by atoms with Crippen LogP contribution in [0.5, 0.6) is 0 Å². The zero-order valence-electron chi connectivity index (χ0n) is 30.2. The van der Waals surface area contributed by atoms with Crippen molar-refractivity contribution in [2.75, 3.05) is 31.1 Å². The number of anilines is 1. The van der Waals surface area contributed by atoms with Gasteiger partial charge in [0.25, 0.3) is 5.91 Å². The number of ether oxygens (including phenoxy) is 1. The van der Waals surface area contributed by atoms with Crippen LogP contribution in [0.1, 0.15) is 70.2 Å². The minimum atomic E-state index is -4.70. The summed E-state index contributed by atoms with van der Waals surface area (Å²) < 4.78 is 66.4. The lowest BCUT2D eigenvalue weighted by Crippen LogP contribution is -2.43. The van der Waals surface area contributed by atoms with Crippen molar-refractivity contribution in [3.63, 3.8) is 0 Å². The number of halogens is 4. The van der Waals surface area contributed by atoms with Crippen molar-refractivity contribution in [1.82, 2.24) is 29.9 Å². The van der Waals surface area contributed by atoms with E-state index in [1.54, 1.807) is 17.3 Å². The van der Waals surface area contributed by atoms with Gasteiger partial charge in [-0.05, 0) is 71.7 Å². The lowest BCUT2D eigenvalue weighted by Gasteiger charge is -2.46. The van der Waals surface area contributed by atoms with Crippen LogP contribution in [-0.2, 0) is 43.1 Å². The maximum Gasteiger partial charge on any atom is 0.416 e. The molecule has 1 aliphatic carbocycles. The van der Waals surface area contributed by atoms with Crippen LogP contribution in [0.4, 0.5) is 28.0 Å². The molecule has 4 heterocycles. The fourth-order valence-electron chi connectivity index (χ4n) is 8.95. The highest BCUT2D eigenvalue weighted by Crippen LogP contribution is 2.52. The summed E-state index contributed by atoms with van der Waals surface area (Å²) in [6.45, 7) is 3.48. The number of aromatic nitrogens is 3. The Balaban J connectivity index is 0.938. The van der Waals surface area contributed by atoms with E-state index in [0.29, 0.717) is 37.7 Å². The highest BCUT2D eigenvalue weighted by molar-refractivity contribution is 6.10. The minimum Gasteiger partial charge on any atom is -0.445 e. The Morgan fingerprint density at radius 2 is 1.81 bits per heavy atom. The molecule has 2 saturated heterocycles. The Labute approximate surface area is 311 Å². The average molecular weight is 746 g/mol. The van der Waals surface area contributed by atoms with E-state index in [1.807, 2.05) is 65.0 Å². The molecule has 0 radical (unpaired) electrons. The fourth-order valence-corrected chi connectivity index (χ4v) is 8.95. The number of rotatable bonds is 9. The Hall–Kier alpha value is -4.82. The number of aryl methyl sites for hydroxylation is 1. The van der Waals surface area contributed by atoms with Crippen molar-refractivity contribution in [3.8, 4) is 0 Å². The van der Waals surface area contributed by atoms with Gasteiger partial charge < -0.3 is 24.4 Å². The van der Waals surface area contributed by atoms with Crippen LogP contribution < -0.4 is 10.2 Å². The predicted molar refractivity (Wildman–Crippen MR) is 192 cm³/mol. The lowest BCUT2D eigenvalue weighted by molar-refractivity contribution is -0.138. The number of alkyl halides is 4. The molecular weight excluding hydrogens is 702 g/mol. The second-order valence-corrected chi connectivity index (χ2v) is 15.4. The summed E-state index contributed by atoms with van der Waals surface area (Å²) in [5.74, 6) is 0.766. The van der Waals surface area contributed by atoms with Gasteiger partial charge in [0.2, 0.25) is 0 Å². The predicted octanol–water partition coefficient (Wildman–Crippen LogP) is 6.23. The number of hydrogen-bond acceptors (Lipinski definition) is 7. The van der Waals surface area contributed by atoms with E-state index in [0.717, 1.165) is 35.9 Å². The van der Waals surface area contributed by atoms with Crippen LogP contribution in [0.2, 0.25) is 0 Å². The first-order valence-corrected chi connectivity index (χ1v) is 18.5. The molecule has 14 heteroatoms. The third-order valence-electron chi connectivity index (χ3n) is 11.6. The summed E-state index contributed by atoms with van der Waals surface area (Å²) in [5, 5.41) is 11.6. The Bertz CT molecular complexity index is 2030. The van der Waals surface area contributed by atoms with Gasteiger partial charge in [0, 0.05) is 57.1 Å². The molecule has 2 amide bonds. The summed E-state index contributed by atoms with van der Waals surface area (Å²) in [7, 11) is 1.89. The molecule has 4 aliphatic rings. The highest BCUT2D eigenvalue weighted by atomic mass is 19.4. The third-order valence-corrected chi connectivity index (χ3v) is 11.6. The number of hydrogen-bond donors (Lipinski definition) is 1. The SMILES string of the molecule is CC1CC(c2cccc(N3Cc4c(cc(CN[C@@H]5CN([C@H]6CCN(C(=O)OCc7ccccc7)C6)C[C@H]5F)cc4C(F)(F)F)C3=O)c2)(c2nncn2C)C1. The molecule has 1 N–H and O–H groups in total. The van der Waals surface area contributed by atoms with Crippen molar-refractivity contribution in [1.29, 1.82) is 0 Å². The minimum absolute atomic E-state index is 0.00218. The van der Waals surface area contributed by atoms with Crippen LogP contribution >= 0.6 is 0 Å². The number of amides is 2. The van der Waals surface area contributed by atoms with Crippen LogP contribution in [0, 0.1) is 5.92 Å². The topological polar surface area (TPSA) is 95.8 Å². The second kappa shape index (κ2) is 14.1. The molecule has 3 aromatic carbocycles. The van der Waals surface area contributed by atoms with Crippen molar-refractivity contribution < 1.29 is 31.9 Å². The van der Waals surface area contributed by atoms with E-state index in [4.69, 9.17) is 4.74 Å². The number of benzene rings is 3. The van der Waals surface area contributed by atoms with Gasteiger partial charge in [0.1, 0.15) is 24.9 Å². The molecule has 1 saturated carbocycles. The van der Waals surface area contributed by atoms with E-state index >= 15 is 4.39 Å². The number of carbonyl (C=O) groups excluding carboxylic acids is 2. The van der Waals surface area contributed by atoms with E-state index < -0.39 is 41.4 Å². The number of nitrogens with zero attached hydrogens (tertiary/aromatic N) is 6. The quantitative estimate of drug-likeness (QED) is 0.203. The Kier molecular flexibility index (Phi) is 9.45. The van der Waals surface area contributed by atoms with Gasteiger partial charge in [-0.1, -0.05) is 49.4 Å². The molecule has 0 bridgehead atoms. The molecule has 54 heavy (non-hydrogen) atoms. The molecular formula is C40H43F4N7O3. The molecule has 8 rings (SSSR count). The normalized spacial score (nSPS) is 25.6. The van der Waals surface area contributed by atoms with Gasteiger partial charge in [-0.3, -0.25) is 9.69 Å². The largest absolute Gasteiger partial charge is 0.445 e. The highest BCUT2D eigenvalue weighted by Gasteiger charge is 2.49. The number of nitrogens with one attached hydrogen (secondary N) is 1. The van der Waals surface area contributed by atoms with Gasteiger partial charge >= 0.3 is 12.3 Å². The summed E-state index contributed by atoms with van der Waals surface area (Å²) in [5.41, 5.74) is 1.28. The number of likely N-dealkylation sites (tertiary alicyclic amines) is 2. The van der Waals surface area contributed by atoms with Crippen molar-refractivity contribution >= 4 is 17.7 Å². The van der Waals surface area contributed by atoms with E-state index in [-0.39, 0.29) is 49.0 Å². The molecule has 4 aromatic rings. The monoisotopic (exact) mass is 745 g/mol. The standard InChI is InChI=1S/C40H43F4N7O3/c1-25-16-39(17-25,37-47-46-24-48(37)2)28-9-6-10-29(15-28)51-20-32-31(36(51)52)13-27(14-33(32)40(42,43)44)18-45-35-22-50(21-34(35)41)30-11-12-49(19-30)38(53)54-23-26-7-4-3-5-8-26/h3-10,13-15,24-25,30,34-35,45H,11-12,16-23H2,1-2H3/t25?,30-,34+,35+,39?/m0/s1.